The molecular weight excluding hydrogens is 474 g/mol. The average Bonchev–Trinajstić information content (AvgIpc) is 3.17. The molecule has 208 valence electrons. The van der Waals surface area contributed by atoms with E-state index in [9.17, 15) is 24.0 Å². The predicted octanol–water partition coefficient (Wildman–Crippen LogP) is 1.71. The molecule has 2 aliphatic carbocycles. The summed E-state index contributed by atoms with van der Waals surface area (Å²) in [6, 6.07) is -5.28. The van der Waals surface area contributed by atoms with Crippen molar-refractivity contribution < 1.29 is 36.3 Å². The lowest BCUT2D eigenvalue weighted by molar-refractivity contribution is -0.145. The summed E-state index contributed by atoms with van der Waals surface area (Å²) in [6.07, 6.45) is 2.84. The molecule has 2 saturated carbocycles. The lowest BCUT2D eigenvalue weighted by Crippen LogP contribution is -2.62. The third-order valence-corrected chi connectivity index (χ3v) is 8.12. The van der Waals surface area contributed by atoms with Crippen LogP contribution in [0.2, 0.25) is 0 Å². The Labute approximate surface area is 232 Å². The molecular formula is C27H45N5O5. The first-order chi connectivity index (χ1) is 20.6. The Morgan fingerprint density at radius 3 is 2.19 bits per heavy atom. The van der Waals surface area contributed by atoms with Gasteiger partial charge in [0.25, 0.3) is 5.91 Å². The van der Waals surface area contributed by atoms with Crippen LogP contribution >= 0.6 is 0 Å². The maximum Gasteiger partial charge on any atom is 0.315 e. The Hall–Kier alpha value is -2.65. The number of urea groups is 1. The molecule has 5 atom stereocenters. The van der Waals surface area contributed by atoms with Gasteiger partial charge in [0.1, 0.15) is 12.1 Å². The van der Waals surface area contributed by atoms with Crippen LogP contribution in [-0.4, -0.2) is 64.6 Å². The smallest absolute Gasteiger partial charge is 0.315 e. The number of piperidine rings is 1. The highest BCUT2D eigenvalue weighted by Gasteiger charge is 2.70. The van der Waals surface area contributed by atoms with Crippen LogP contribution in [-0.2, 0) is 19.2 Å². The van der Waals surface area contributed by atoms with Crippen LogP contribution in [0, 0.1) is 28.6 Å². The van der Waals surface area contributed by atoms with Crippen LogP contribution in [0.25, 0.3) is 0 Å². The Bertz CT molecular complexity index is 1220. The van der Waals surface area contributed by atoms with Crippen LogP contribution in [0.4, 0.5) is 4.79 Å². The summed E-state index contributed by atoms with van der Waals surface area (Å²) < 4.78 is 70.0. The second-order valence-electron chi connectivity index (χ2n) is 12.4. The molecule has 37 heavy (non-hydrogen) atoms. The van der Waals surface area contributed by atoms with Gasteiger partial charge in [-0.05, 0) is 55.6 Å². The van der Waals surface area contributed by atoms with Gasteiger partial charge >= 0.3 is 6.03 Å². The van der Waals surface area contributed by atoms with E-state index in [1.54, 1.807) is 26.1 Å². The zero-order valence-corrected chi connectivity index (χ0v) is 22.1. The largest absolute Gasteiger partial charge is 0.363 e. The third-order valence-electron chi connectivity index (χ3n) is 8.12. The zero-order valence-electron chi connectivity index (χ0n) is 31.1. The maximum absolute atomic E-state index is 14.2. The molecule has 1 saturated heterocycles. The van der Waals surface area contributed by atoms with E-state index < -0.39 is 79.2 Å². The van der Waals surface area contributed by atoms with E-state index in [1.807, 2.05) is 13.8 Å². The monoisotopic (exact) mass is 528 g/mol. The van der Waals surface area contributed by atoms with E-state index in [1.165, 1.54) is 4.90 Å². The summed E-state index contributed by atoms with van der Waals surface area (Å²) in [6.45, 7) is -2.50. The fourth-order valence-electron chi connectivity index (χ4n) is 5.69. The van der Waals surface area contributed by atoms with Crippen LogP contribution in [0.5, 0.6) is 0 Å². The number of nitrogens with zero attached hydrogens (tertiary/aromatic N) is 1. The molecule has 1 heterocycles. The molecule has 10 nitrogen and oxygen atoms in total. The minimum Gasteiger partial charge on any atom is -0.363 e. The first kappa shape index (κ1) is 18.6. The second-order valence-corrected chi connectivity index (χ2v) is 12.4. The van der Waals surface area contributed by atoms with Gasteiger partial charge in [-0.25, -0.2) is 4.79 Å². The normalized spacial score (nSPS) is 30.9. The van der Waals surface area contributed by atoms with Crippen molar-refractivity contribution in [2.24, 2.45) is 34.3 Å². The van der Waals surface area contributed by atoms with Crippen LogP contribution < -0.4 is 21.7 Å². The predicted molar refractivity (Wildman–Crippen MR) is 139 cm³/mol. The van der Waals surface area contributed by atoms with Crippen molar-refractivity contribution >= 4 is 29.5 Å². The van der Waals surface area contributed by atoms with Gasteiger partial charge in [0.05, 0.1) is 6.04 Å². The lowest BCUT2D eigenvalue weighted by atomic mass is 9.80. The molecule has 0 aromatic heterocycles. The highest BCUT2D eigenvalue weighted by atomic mass is 16.2. The molecule has 1 aliphatic heterocycles. The highest BCUT2D eigenvalue weighted by Crippen LogP contribution is 2.65. The van der Waals surface area contributed by atoms with Gasteiger partial charge in [-0.2, -0.15) is 0 Å². The number of hydrogen-bond acceptors (Lipinski definition) is 5. The number of fused-ring (bicyclic) bond motifs is 1. The fraction of sp³-hybridized carbons (Fsp3) is 0.815. The molecule has 10 heteroatoms. The Kier molecular flexibility index (Phi) is 4.97. The van der Waals surface area contributed by atoms with E-state index in [4.69, 9.17) is 18.1 Å². The first-order valence-corrected chi connectivity index (χ1v) is 12.6. The molecule has 0 radical (unpaired) electrons. The third kappa shape index (κ3) is 6.26. The minimum absolute atomic E-state index is 0.102. The van der Waals surface area contributed by atoms with Gasteiger partial charge in [-0.3, -0.25) is 19.2 Å². The Balaban J connectivity index is 1.93. The molecule has 0 aromatic carbocycles. The first-order valence-electron chi connectivity index (χ1n) is 17.1. The van der Waals surface area contributed by atoms with Crippen molar-refractivity contribution in [3.05, 3.63) is 0 Å². The summed E-state index contributed by atoms with van der Waals surface area (Å²) in [7, 11) is 0. The number of Topliss-reactive ketones (excluding diaryl/α,β-unsaturated/α-hetero) is 1. The molecule has 0 spiro atoms. The quantitative estimate of drug-likeness (QED) is 0.354. The summed E-state index contributed by atoms with van der Waals surface area (Å²) in [5, 5.41) is 6.61. The second kappa shape index (κ2) is 9.91. The van der Waals surface area contributed by atoms with Crippen LogP contribution in [0.3, 0.4) is 0 Å². The Morgan fingerprint density at radius 2 is 1.70 bits per heavy atom. The summed E-state index contributed by atoms with van der Waals surface area (Å²) in [5.41, 5.74) is 0.131. The van der Waals surface area contributed by atoms with E-state index in [2.05, 4.69) is 10.6 Å². The number of hydrogen-bond donors (Lipinski definition) is 4. The number of carbonyl (C=O) groups is 5. The summed E-state index contributed by atoms with van der Waals surface area (Å²) in [5.74, 6) is -3.90. The van der Waals surface area contributed by atoms with Crippen molar-refractivity contribution in [3.8, 4) is 0 Å². The van der Waals surface area contributed by atoms with Crippen molar-refractivity contribution in [2.75, 3.05) is 6.54 Å². The van der Waals surface area contributed by atoms with E-state index >= 15 is 0 Å². The number of amides is 5. The van der Waals surface area contributed by atoms with E-state index in [0.717, 1.165) is 19.3 Å². The van der Waals surface area contributed by atoms with Gasteiger partial charge in [-0.1, -0.05) is 53.9 Å². The van der Waals surface area contributed by atoms with Crippen molar-refractivity contribution in [1.29, 1.82) is 0 Å². The molecule has 3 rings (SSSR count). The number of ketones is 1. The number of nitrogens with one attached hydrogen (secondary N) is 3. The Morgan fingerprint density at radius 1 is 1.08 bits per heavy atom. The van der Waals surface area contributed by atoms with Gasteiger partial charge < -0.3 is 26.6 Å². The van der Waals surface area contributed by atoms with Crippen LogP contribution in [0.15, 0.2) is 0 Å². The van der Waals surface area contributed by atoms with Gasteiger partial charge in [0.15, 0.2) is 0 Å². The number of primary amides is 1. The van der Waals surface area contributed by atoms with Gasteiger partial charge in [-0.15, -0.1) is 0 Å². The van der Waals surface area contributed by atoms with E-state index in [-0.39, 0.29) is 36.1 Å². The zero-order chi connectivity index (χ0) is 35.6. The molecule has 1 unspecified atom stereocenters. The number of rotatable bonds is 8. The lowest BCUT2D eigenvalue weighted by Gasteiger charge is -2.38. The molecule has 5 amide bonds. The summed E-state index contributed by atoms with van der Waals surface area (Å²) >= 11 is 0. The van der Waals surface area contributed by atoms with Crippen molar-refractivity contribution in [3.63, 3.8) is 0 Å². The average molecular weight is 529 g/mol. The molecule has 0 bridgehead atoms. The number of nitrogens with two attached hydrogens (primary N) is 1. The number of likely N-dealkylation sites (tertiary alicyclic amines) is 1. The highest BCUT2D eigenvalue weighted by molar-refractivity contribution is 6.37. The van der Waals surface area contributed by atoms with Crippen molar-refractivity contribution in [2.45, 2.75) is 105 Å². The molecule has 5 N–H and O–H groups in total. The topological polar surface area (TPSA) is 151 Å². The summed E-state index contributed by atoms with van der Waals surface area (Å²) in [4.78, 5) is 67.0. The maximum atomic E-state index is 14.2. The van der Waals surface area contributed by atoms with Gasteiger partial charge in [0, 0.05) is 24.4 Å². The molecule has 0 aromatic rings. The molecule has 3 aliphatic rings. The minimum atomic E-state index is -3.72. The standard InChI is InChI=1S/C27H45N5O5/c1-25(2,3)20(30-24(37)31-26(4,5)6)23(36)32-13-15-17(27(15,7)8)18(32)22(35)29-16(19(33)21(28)34)12-14-10-9-11-14/h14-18,20H,9-13H2,1-8H3,(H2,28,34)(H,29,35)(H2,30,31,37)/t15-,16?,17-,18-,20+/m0/s1/i4D3,5D3,6D3. The van der Waals surface area contributed by atoms with E-state index in [0.29, 0.717) is 0 Å². The van der Waals surface area contributed by atoms with Crippen molar-refractivity contribution in [1.82, 2.24) is 20.9 Å². The fourth-order valence-corrected chi connectivity index (χ4v) is 5.69. The van der Waals surface area contributed by atoms with Crippen LogP contribution in [0.1, 0.15) is 93.2 Å². The number of carbonyl (C=O) groups excluding carboxylic acids is 5. The molecule has 3 fully saturated rings. The SMILES string of the molecule is [2H]C([2H])([2H])C(NC(=O)N[C@H](C(=O)N1C[C@H]2[C@@H]([C@H]1C(=O)NC(CC1CCC1)C(=O)C(N)=O)C2(C)C)C(C)(C)C)(C([2H])([2H])[2H])C([2H])([2H])[2H]. The van der Waals surface area contributed by atoms with Gasteiger partial charge in [0.2, 0.25) is 17.6 Å².